The van der Waals surface area contributed by atoms with E-state index in [1.165, 1.54) is 0 Å². The molecular weight excluding hydrogens is 444 g/mol. The number of methoxy groups -OCH3 is 1. The minimum atomic E-state index is -0.802. The topological polar surface area (TPSA) is 58.6 Å². The Bertz CT molecular complexity index is 1140. The van der Waals surface area contributed by atoms with Crippen LogP contribution in [0, 0.1) is 13.8 Å². The Morgan fingerprint density at radius 2 is 1.85 bits per heavy atom. The first kappa shape index (κ1) is 24.0. The first-order valence-electron chi connectivity index (χ1n) is 11.8. The molecule has 3 aromatic rings. The van der Waals surface area contributed by atoms with Crippen LogP contribution >= 0.6 is 11.3 Å². The Hall–Kier alpha value is -3.12. The van der Waals surface area contributed by atoms with Crippen molar-refractivity contribution in [1.29, 1.82) is 0 Å². The normalized spacial score (nSPS) is 14.6. The number of aryl methyl sites for hydroxylation is 1. The smallest absolute Gasteiger partial charge is 0.248 e. The molecule has 1 saturated carbocycles. The van der Waals surface area contributed by atoms with E-state index in [1.807, 2.05) is 73.8 Å². The fourth-order valence-corrected chi connectivity index (χ4v) is 5.34. The number of nitrogens with zero attached hydrogens (tertiary/aromatic N) is 1. The third-order valence-electron chi connectivity index (χ3n) is 6.63. The summed E-state index contributed by atoms with van der Waals surface area (Å²) in [6.07, 6.45) is 4.42. The molecule has 0 radical (unpaired) electrons. The van der Waals surface area contributed by atoms with Crippen LogP contribution in [-0.2, 0) is 16.0 Å². The standard InChI is InChI=1S/C28H32N2O3S/c1-19-9-6-15-25(20(19)2)30(26(31)18-24-14-8-16-34-24)27(21-10-7-13-23(17-21)33-3)28(32)29-22-11-4-5-12-22/h6-10,13-17,22,27H,4-5,11-12,18H2,1-3H3,(H,29,32). The lowest BCUT2D eigenvalue weighted by atomic mass is 9.99. The zero-order valence-electron chi connectivity index (χ0n) is 20.0. The molecule has 0 saturated heterocycles. The van der Waals surface area contributed by atoms with Gasteiger partial charge in [0.05, 0.1) is 13.5 Å². The van der Waals surface area contributed by atoms with E-state index >= 15 is 0 Å². The number of thiophene rings is 1. The van der Waals surface area contributed by atoms with Crippen molar-refractivity contribution >= 4 is 28.8 Å². The zero-order chi connectivity index (χ0) is 24.1. The fraction of sp³-hybridized carbons (Fsp3) is 0.357. The van der Waals surface area contributed by atoms with Gasteiger partial charge >= 0.3 is 0 Å². The van der Waals surface area contributed by atoms with Crippen LogP contribution in [0.3, 0.4) is 0 Å². The number of carbonyl (C=O) groups is 2. The second-order valence-electron chi connectivity index (χ2n) is 8.91. The molecule has 1 heterocycles. The number of rotatable bonds is 8. The van der Waals surface area contributed by atoms with Crippen LogP contribution in [0.5, 0.6) is 5.75 Å². The largest absolute Gasteiger partial charge is 0.497 e. The van der Waals surface area contributed by atoms with Crippen molar-refractivity contribution in [3.05, 3.63) is 81.5 Å². The van der Waals surface area contributed by atoms with Crippen LogP contribution in [0.1, 0.15) is 53.3 Å². The molecule has 6 heteroatoms. The maximum absolute atomic E-state index is 13.9. The van der Waals surface area contributed by atoms with Crippen LogP contribution in [0.2, 0.25) is 0 Å². The van der Waals surface area contributed by atoms with Gasteiger partial charge in [-0.2, -0.15) is 0 Å². The highest BCUT2D eigenvalue weighted by Crippen LogP contribution is 2.34. The molecule has 1 unspecified atom stereocenters. The van der Waals surface area contributed by atoms with Gasteiger partial charge in [-0.25, -0.2) is 0 Å². The van der Waals surface area contributed by atoms with Gasteiger partial charge < -0.3 is 10.1 Å². The van der Waals surface area contributed by atoms with Crippen LogP contribution < -0.4 is 15.0 Å². The molecule has 1 aliphatic carbocycles. The molecule has 0 bridgehead atoms. The maximum atomic E-state index is 13.9. The van der Waals surface area contributed by atoms with Crippen molar-refractivity contribution in [3.63, 3.8) is 0 Å². The minimum absolute atomic E-state index is 0.106. The SMILES string of the molecule is COc1cccc(C(C(=O)NC2CCCC2)N(C(=O)Cc2cccs2)c2cccc(C)c2C)c1. The molecule has 1 fully saturated rings. The van der Waals surface area contributed by atoms with E-state index < -0.39 is 6.04 Å². The third-order valence-corrected chi connectivity index (χ3v) is 7.50. The molecule has 178 valence electrons. The number of hydrogen-bond donors (Lipinski definition) is 1. The van der Waals surface area contributed by atoms with E-state index in [4.69, 9.17) is 4.74 Å². The van der Waals surface area contributed by atoms with E-state index in [-0.39, 0.29) is 24.3 Å². The van der Waals surface area contributed by atoms with Crippen molar-refractivity contribution < 1.29 is 14.3 Å². The Balaban J connectivity index is 1.82. The minimum Gasteiger partial charge on any atom is -0.497 e. The summed E-state index contributed by atoms with van der Waals surface area (Å²) in [5.74, 6) is 0.397. The highest BCUT2D eigenvalue weighted by Gasteiger charge is 2.35. The summed E-state index contributed by atoms with van der Waals surface area (Å²) < 4.78 is 5.46. The number of amides is 2. The lowest BCUT2D eigenvalue weighted by Gasteiger charge is -2.34. The number of carbonyl (C=O) groups excluding carboxylic acids is 2. The molecule has 0 spiro atoms. The fourth-order valence-electron chi connectivity index (χ4n) is 4.64. The van der Waals surface area contributed by atoms with Gasteiger partial charge in [0, 0.05) is 16.6 Å². The van der Waals surface area contributed by atoms with Crippen molar-refractivity contribution in [2.45, 2.75) is 58.0 Å². The quantitative estimate of drug-likeness (QED) is 0.450. The van der Waals surface area contributed by atoms with Crippen molar-refractivity contribution in [2.24, 2.45) is 0 Å². The molecule has 2 aromatic carbocycles. The Kier molecular flexibility index (Phi) is 7.68. The predicted octanol–water partition coefficient (Wildman–Crippen LogP) is 5.75. The Morgan fingerprint density at radius 3 is 2.56 bits per heavy atom. The van der Waals surface area contributed by atoms with E-state index in [2.05, 4.69) is 5.32 Å². The monoisotopic (exact) mass is 476 g/mol. The maximum Gasteiger partial charge on any atom is 0.248 e. The van der Waals surface area contributed by atoms with Gasteiger partial charge in [0.25, 0.3) is 0 Å². The van der Waals surface area contributed by atoms with Gasteiger partial charge in [-0.05, 0) is 73.0 Å². The molecule has 4 rings (SSSR count). The summed E-state index contributed by atoms with van der Waals surface area (Å²) in [6.45, 7) is 4.04. The average Bonchev–Trinajstić information content (AvgIpc) is 3.54. The van der Waals surface area contributed by atoms with Crippen molar-refractivity contribution in [3.8, 4) is 5.75 Å². The molecule has 2 amide bonds. The first-order chi connectivity index (χ1) is 16.5. The van der Waals surface area contributed by atoms with Gasteiger partial charge in [0.2, 0.25) is 11.8 Å². The summed E-state index contributed by atoms with van der Waals surface area (Å²) in [5, 5.41) is 5.21. The highest BCUT2D eigenvalue weighted by molar-refractivity contribution is 7.10. The average molecular weight is 477 g/mol. The van der Waals surface area contributed by atoms with Gasteiger partial charge in [-0.1, -0.05) is 43.2 Å². The summed E-state index contributed by atoms with van der Waals surface area (Å²) in [7, 11) is 1.61. The highest BCUT2D eigenvalue weighted by atomic mass is 32.1. The molecule has 1 aliphatic rings. The van der Waals surface area contributed by atoms with Gasteiger partial charge in [-0.15, -0.1) is 11.3 Å². The number of nitrogens with one attached hydrogen (secondary N) is 1. The molecule has 34 heavy (non-hydrogen) atoms. The molecular formula is C28H32N2O3S. The molecule has 1 atom stereocenters. The second-order valence-corrected chi connectivity index (χ2v) is 9.94. The summed E-state index contributed by atoms with van der Waals surface area (Å²) >= 11 is 1.55. The number of hydrogen-bond acceptors (Lipinski definition) is 4. The molecule has 1 N–H and O–H groups in total. The van der Waals surface area contributed by atoms with Gasteiger partial charge in [-0.3, -0.25) is 14.5 Å². The molecule has 5 nitrogen and oxygen atoms in total. The zero-order valence-corrected chi connectivity index (χ0v) is 20.9. The van der Waals surface area contributed by atoms with Gasteiger partial charge in [0.15, 0.2) is 0 Å². The number of anilines is 1. The summed E-state index contributed by atoms with van der Waals surface area (Å²) in [6, 6.07) is 16.6. The number of benzene rings is 2. The summed E-state index contributed by atoms with van der Waals surface area (Å²) in [4.78, 5) is 30.4. The number of ether oxygens (including phenoxy) is 1. The lowest BCUT2D eigenvalue weighted by Crippen LogP contribution is -2.47. The van der Waals surface area contributed by atoms with Crippen LogP contribution in [-0.4, -0.2) is 25.0 Å². The van der Waals surface area contributed by atoms with Crippen LogP contribution in [0.25, 0.3) is 0 Å². The first-order valence-corrected chi connectivity index (χ1v) is 12.7. The summed E-state index contributed by atoms with van der Waals surface area (Å²) in [5.41, 5.74) is 3.56. The Morgan fingerprint density at radius 1 is 1.09 bits per heavy atom. The predicted molar refractivity (Wildman–Crippen MR) is 138 cm³/mol. The van der Waals surface area contributed by atoms with Crippen LogP contribution in [0.15, 0.2) is 60.0 Å². The van der Waals surface area contributed by atoms with Crippen molar-refractivity contribution in [1.82, 2.24) is 5.32 Å². The van der Waals surface area contributed by atoms with Crippen LogP contribution in [0.4, 0.5) is 5.69 Å². The van der Waals surface area contributed by atoms with Gasteiger partial charge in [0.1, 0.15) is 11.8 Å². The molecule has 1 aromatic heterocycles. The second kappa shape index (κ2) is 10.9. The van der Waals surface area contributed by atoms with E-state index in [0.717, 1.165) is 52.9 Å². The van der Waals surface area contributed by atoms with Crippen molar-refractivity contribution in [2.75, 3.05) is 12.0 Å². The van der Waals surface area contributed by atoms with E-state index in [9.17, 15) is 9.59 Å². The Labute approximate surface area is 205 Å². The third kappa shape index (κ3) is 5.33. The van der Waals surface area contributed by atoms with E-state index in [1.54, 1.807) is 23.3 Å². The molecule has 0 aliphatic heterocycles. The van der Waals surface area contributed by atoms with E-state index in [0.29, 0.717) is 5.75 Å². The lowest BCUT2D eigenvalue weighted by molar-refractivity contribution is -0.127.